The van der Waals surface area contributed by atoms with Crippen molar-refractivity contribution < 1.29 is 9.90 Å². The van der Waals surface area contributed by atoms with Crippen LogP contribution in [0.3, 0.4) is 0 Å². The summed E-state index contributed by atoms with van der Waals surface area (Å²) in [5.74, 6) is 0.00691. The summed E-state index contributed by atoms with van der Waals surface area (Å²) in [7, 11) is 0. The summed E-state index contributed by atoms with van der Waals surface area (Å²) in [4.78, 5) is 12.6. The standard InChI is InChI=1S/C13H19N3O2/c1-13(2,3)16(12(17)18)8-9-4-6-10(7-5-9)11(14)15/h4-7H,8H2,1-3H3,(H3,14,15)(H,17,18). The van der Waals surface area contributed by atoms with Gasteiger partial charge in [-0.15, -0.1) is 0 Å². The van der Waals surface area contributed by atoms with E-state index in [2.05, 4.69) is 0 Å². The summed E-state index contributed by atoms with van der Waals surface area (Å²) in [6.45, 7) is 5.87. The van der Waals surface area contributed by atoms with Crippen LogP contribution in [0, 0.1) is 5.41 Å². The van der Waals surface area contributed by atoms with Gasteiger partial charge in [0.05, 0.1) is 0 Å². The maximum atomic E-state index is 11.2. The molecule has 0 heterocycles. The lowest BCUT2D eigenvalue weighted by Gasteiger charge is -2.33. The predicted octanol–water partition coefficient (Wildman–Crippen LogP) is 2.25. The predicted molar refractivity (Wildman–Crippen MR) is 70.8 cm³/mol. The molecule has 0 aromatic heterocycles. The highest BCUT2D eigenvalue weighted by molar-refractivity contribution is 5.94. The van der Waals surface area contributed by atoms with E-state index in [0.29, 0.717) is 12.1 Å². The summed E-state index contributed by atoms with van der Waals surface area (Å²) in [6, 6.07) is 7.03. The molecule has 0 aliphatic heterocycles. The van der Waals surface area contributed by atoms with Crippen molar-refractivity contribution >= 4 is 11.9 Å². The Labute approximate surface area is 107 Å². The third-order valence-electron chi connectivity index (χ3n) is 2.65. The van der Waals surface area contributed by atoms with Gasteiger partial charge < -0.3 is 10.8 Å². The summed E-state index contributed by atoms with van der Waals surface area (Å²) in [5, 5.41) is 16.5. The lowest BCUT2D eigenvalue weighted by molar-refractivity contribution is 0.0955. The molecule has 1 aromatic rings. The van der Waals surface area contributed by atoms with Gasteiger partial charge in [0.15, 0.2) is 0 Å². The van der Waals surface area contributed by atoms with Crippen molar-refractivity contribution in [3.8, 4) is 0 Å². The van der Waals surface area contributed by atoms with Gasteiger partial charge in [-0.25, -0.2) is 4.79 Å². The number of hydrogen-bond acceptors (Lipinski definition) is 2. The van der Waals surface area contributed by atoms with E-state index in [4.69, 9.17) is 11.1 Å². The van der Waals surface area contributed by atoms with E-state index in [9.17, 15) is 9.90 Å². The van der Waals surface area contributed by atoms with Gasteiger partial charge in [0.1, 0.15) is 5.84 Å². The Morgan fingerprint density at radius 3 is 2.17 bits per heavy atom. The summed E-state index contributed by atoms with van der Waals surface area (Å²) >= 11 is 0. The molecule has 0 bridgehead atoms. The molecule has 0 atom stereocenters. The molecule has 98 valence electrons. The van der Waals surface area contributed by atoms with Crippen molar-refractivity contribution in [1.82, 2.24) is 4.90 Å². The Balaban J connectivity index is 2.89. The average molecular weight is 249 g/mol. The van der Waals surface area contributed by atoms with Gasteiger partial charge in [0.2, 0.25) is 0 Å². The number of rotatable bonds is 3. The van der Waals surface area contributed by atoms with Crippen molar-refractivity contribution in [2.24, 2.45) is 5.73 Å². The molecule has 5 heteroatoms. The zero-order valence-corrected chi connectivity index (χ0v) is 10.9. The van der Waals surface area contributed by atoms with Crippen LogP contribution in [-0.2, 0) is 6.54 Å². The van der Waals surface area contributed by atoms with Crippen molar-refractivity contribution in [3.05, 3.63) is 35.4 Å². The van der Waals surface area contributed by atoms with Crippen LogP contribution in [0.25, 0.3) is 0 Å². The number of nitrogens with one attached hydrogen (secondary N) is 1. The minimum atomic E-state index is -0.946. The van der Waals surface area contributed by atoms with Gasteiger partial charge in [0.25, 0.3) is 0 Å². The van der Waals surface area contributed by atoms with Crippen LogP contribution >= 0.6 is 0 Å². The van der Waals surface area contributed by atoms with Gasteiger partial charge in [-0.1, -0.05) is 24.3 Å². The molecule has 0 saturated carbocycles. The second kappa shape index (κ2) is 5.08. The third kappa shape index (κ3) is 3.48. The lowest BCUT2D eigenvalue weighted by Crippen LogP contribution is -2.44. The molecule has 0 aliphatic carbocycles. The SMILES string of the molecule is CC(C)(C)N(Cc1ccc(C(=N)N)cc1)C(=O)O. The first-order valence-corrected chi connectivity index (χ1v) is 5.65. The lowest BCUT2D eigenvalue weighted by atomic mass is 10.0. The van der Waals surface area contributed by atoms with E-state index in [1.807, 2.05) is 20.8 Å². The van der Waals surface area contributed by atoms with E-state index in [0.717, 1.165) is 5.56 Å². The third-order valence-corrected chi connectivity index (χ3v) is 2.65. The van der Waals surface area contributed by atoms with Crippen LogP contribution in [-0.4, -0.2) is 27.5 Å². The van der Waals surface area contributed by atoms with Crippen LogP contribution < -0.4 is 5.73 Å². The average Bonchev–Trinajstić information content (AvgIpc) is 2.24. The number of benzene rings is 1. The van der Waals surface area contributed by atoms with E-state index < -0.39 is 11.6 Å². The van der Waals surface area contributed by atoms with Crippen molar-refractivity contribution in [2.45, 2.75) is 32.9 Å². The minimum absolute atomic E-state index is 0.00691. The largest absolute Gasteiger partial charge is 0.465 e. The van der Waals surface area contributed by atoms with Crippen molar-refractivity contribution in [3.63, 3.8) is 0 Å². The Hall–Kier alpha value is -2.04. The molecule has 0 fully saturated rings. The van der Waals surface area contributed by atoms with E-state index in [-0.39, 0.29) is 5.84 Å². The minimum Gasteiger partial charge on any atom is -0.465 e. The molecule has 1 rings (SSSR count). The quantitative estimate of drug-likeness (QED) is 0.566. The molecule has 0 spiro atoms. The number of amides is 1. The van der Waals surface area contributed by atoms with E-state index in [1.165, 1.54) is 4.90 Å². The molecule has 0 aliphatic rings. The summed E-state index contributed by atoms with van der Waals surface area (Å²) in [6.07, 6.45) is -0.946. The number of nitrogens with zero attached hydrogens (tertiary/aromatic N) is 1. The molecular weight excluding hydrogens is 230 g/mol. The van der Waals surface area contributed by atoms with Gasteiger partial charge in [-0.2, -0.15) is 0 Å². The highest BCUT2D eigenvalue weighted by atomic mass is 16.4. The van der Waals surface area contributed by atoms with Crippen LogP contribution in [0.5, 0.6) is 0 Å². The topological polar surface area (TPSA) is 90.4 Å². The fraction of sp³-hybridized carbons (Fsp3) is 0.385. The van der Waals surface area contributed by atoms with Crippen molar-refractivity contribution in [2.75, 3.05) is 0 Å². The molecular formula is C13H19N3O2. The normalized spacial score (nSPS) is 11.1. The number of carboxylic acid groups (broad SMARTS) is 1. The molecule has 0 radical (unpaired) electrons. The van der Waals surface area contributed by atoms with Crippen LogP contribution in [0.4, 0.5) is 4.79 Å². The monoisotopic (exact) mass is 249 g/mol. The molecule has 1 aromatic carbocycles. The smallest absolute Gasteiger partial charge is 0.408 e. The summed E-state index contributed by atoms with van der Waals surface area (Å²) in [5.41, 5.74) is 6.42. The fourth-order valence-electron chi connectivity index (χ4n) is 1.56. The molecule has 5 nitrogen and oxygen atoms in total. The first-order valence-electron chi connectivity index (χ1n) is 5.65. The van der Waals surface area contributed by atoms with Crippen molar-refractivity contribution in [1.29, 1.82) is 5.41 Å². The first-order chi connectivity index (χ1) is 8.21. The Morgan fingerprint density at radius 1 is 1.33 bits per heavy atom. The van der Waals surface area contributed by atoms with Gasteiger partial charge >= 0.3 is 6.09 Å². The first kappa shape index (κ1) is 14.0. The van der Waals surface area contributed by atoms with Crippen LogP contribution in [0.15, 0.2) is 24.3 Å². The second-order valence-corrected chi connectivity index (χ2v) is 5.15. The molecule has 0 unspecified atom stereocenters. The molecule has 0 saturated heterocycles. The number of nitrogen functional groups attached to an aromatic ring is 1. The van der Waals surface area contributed by atoms with E-state index in [1.54, 1.807) is 24.3 Å². The van der Waals surface area contributed by atoms with E-state index >= 15 is 0 Å². The van der Waals surface area contributed by atoms with Gasteiger partial charge in [0, 0.05) is 17.6 Å². The Kier molecular flexibility index (Phi) is 3.96. The summed E-state index contributed by atoms with van der Waals surface area (Å²) < 4.78 is 0. The maximum absolute atomic E-state index is 11.2. The zero-order valence-electron chi connectivity index (χ0n) is 10.9. The van der Waals surface area contributed by atoms with Crippen LogP contribution in [0.1, 0.15) is 31.9 Å². The Bertz CT molecular complexity index is 446. The molecule has 18 heavy (non-hydrogen) atoms. The maximum Gasteiger partial charge on any atom is 0.408 e. The second-order valence-electron chi connectivity index (χ2n) is 5.15. The number of hydrogen-bond donors (Lipinski definition) is 3. The van der Waals surface area contributed by atoms with Gasteiger partial charge in [-0.3, -0.25) is 10.3 Å². The Morgan fingerprint density at radius 2 is 1.83 bits per heavy atom. The zero-order chi connectivity index (χ0) is 13.9. The highest BCUT2D eigenvalue weighted by Crippen LogP contribution is 2.17. The molecule has 1 amide bonds. The number of carbonyl (C=O) groups is 1. The number of amidine groups is 1. The molecule has 4 N–H and O–H groups in total. The number of nitrogens with two attached hydrogens (primary N) is 1. The highest BCUT2D eigenvalue weighted by Gasteiger charge is 2.25. The van der Waals surface area contributed by atoms with Gasteiger partial charge in [-0.05, 0) is 26.3 Å². The van der Waals surface area contributed by atoms with Crippen LogP contribution in [0.2, 0.25) is 0 Å². The fourth-order valence-corrected chi connectivity index (χ4v) is 1.56.